The van der Waals surface area contributed by atoms with Crippen LogP contribution in [0.1, 0.15) is 54.4 Å². The third-order valence-electron chi connectivity index (χ3n) is 8.26. The topological polar surface area (TPSA) is 58.9 Å². The maximum atomic E-state index is 12.3. The van der Waals surface area contributed by atoms with Gasteiger partial charge < -0.3 is 0 Å². The Kier molecular flexibility index (Phi) is 3.88. The summed E-state index contributed by atoms with van der Waals surface area (Å²) in [4.78, 5) is 33.9. The van der Waals surface area contributed by atoms with E-state index >= 15 is 0 Å². The summed E-state index contributed by atoms with van der Waals surface area (Å²) in [5, 5.41) is 0. The highest BCUT2D eigenvalue weighted by molar-refractivity contribution is 6.07. The number of hydrogen-bond acceptors (Lipinski definition) is 4. The van der Waals surface area contributed by atoms with Crippen LogP contribution >= 0.6 is 0 Å². The van der Waals surface area contributed by atoms with Crippen molar-refractivity contribution in [2.45, 2.75) is 54.4 Å². The number of aliphatic imine (C=N–C) groups is 2. The molecule has 4 fully saturated rings. The summed E-state index contributed by atoms with van der Waals surface area (Å²) in [5.41, 5.74) is 2.59. The van der Waals surface area contributed by atoms with E-state index in [9.17, 15) is 9.59 Å². The van der Waals surface area contributed by atoms with Crippen molar-refractivity contribution >= 4 is 23.0 Å². The molecule has 0 radical (unpaired) electrons. The van der Waals surface area contributed by atoms with Crippen molar-refractivity contribution < 1.29 is 9.59 Å². The first kappa shape index (κ1) is 18.1. The zero-order chi connectivity index (χ0) is 19.0. The standard InChI is InChI=1S/C22H32N2O2/c1-11(17-15(25)9-13-19(17)21(13,3)4)23-7-8-24-12(2)18-16(26)10-14-20(18)22(14,5)6/h13-14,17-20H,7-10H2,1-6H3/t13-,14-,17?,18?,19-,20-/m1/s1. The van der Waals surface area contributed by atoms with Crippen LogP contribution < -0.4 is 0 Å². The van der Waals surface area contributed by atoms with Gasteiger partial charge in [-0.05, 0) is 48.3 Å². The molecule has 0 aromatic heterocycles. The Morgan fingerprint density at radius 3 is 1.46 bits per heavy atom. The number of carbonyl (C=O) groups excluding carboxylic acids is 2. The van der Waals surface area contributed by atoms with E-state index < -0.39 is 0 Å². The number of carbonyl (C=O) groups is 2. The molecule has 4 aliphatic rings. The number of Topliss-reactive ketones (excluding diaryl/α,β-unsaturated/α-hetero) is 2. The van der Waals surface area contributed by atoms with Gasteiger partial charge in [0.15, 0.2) is 0 Å². The van der Waals surface area contributed by atoms with Gasteiger partial charge in [-0.1, -0.05) is 27.7 Å². The van der Waals surface area contributed by atoms with Crippen molar-refractivity contribution in [1.82, 2.24) is 0 Å². The molecule has 4 nitrogen and oxygen atoms in total. The second-order valence-corrected chi connectivity index (χ2v) is 10.2. The number of hydrogen-bond donors (Lipinski definition) is 0. The molecule has 0 bridgehead atoms. The smallest absolute Gasteiger partial charge is 0.142 e. The van der Waals surface area contributed by atoms with Gasteiger partial charge in [-0.15, -0.1) is 0 Å². The lowest BCUT2D eigenvalue weighted by molar-refractivity contribution is -0.121. The summed E-state index contributed by atoms with van der Waals surface area (Å²) in [5.74, 6) is 2.93. The van der Waals surface area contributed by atoms with Crippen molar-refractivity contribution in [3.05, 3.63) is 0 Å². The molecular weight excluding hydrogens is 324 g/mol. The molecule has 142 valence electrons. The van der Waals surface area contributed by atoms with Crippen molar-refractivity contribution in [1.29, 1.82) is 0 Å². The van der Waals surface area contributed by atoms with Crippen molar-refractivity contribution in [3.63, 3.8) is 0 Å². The van der Waals surface area contributed by atoms with Gasteiger partial charge in [0.1, 0.15) is 11.6 Å². The molecule has 0 amide bonds. The molecule has 4 saturated carbocycles. The average Bonchev–Trinajstić information content (AvgIpc) is 3.09. The minimum Gasteiger partial charge on any atom is -0.299 e. The van der Waals surface area contributed by atoms with Gasteiger partial charge in [0, 0.05) is 24.3 Å². The predicted molar refractivity (Wildman–Crippen MR) is 104 cm³/mol. The molecule has 0 aromatic carbocycles. The van der Waals surface area contributed by atoms with Crippen LogP contribution in [-0.2, 0) is 9.59 Å². The summed E-state index contributed by atoms with van der Waals surface area (Å²) in [6.45, 7) is 14.3. The van der Waals surface area contributed by atoms with E-state index in [1.54, 1.807) is 0 Å². The Balaban J connectivity index is 1.35. The SMILES string of the molecule is CC(=NCCN=C(C)C1C(=O)C[C@@H]2[C@H]1C2(C)C)C1C(=O)C[C@@H]2[C@H]1C2(C)C. The second-order valence-electron chi connectivity index (χ2n) is 10.2. The molecule has 26 heavy (non-hydrogen) atoms. The first-order valence-electron chi connectivity index (χ1n) is 10.2. The molecule has 4 aliphatic carbocycles. The van der Waals surface area contributed by atoms with E-state index in [0.717, 1.165) is 24.3 Å². The Bertz CT molecular complexity index is 668. The summed E-state index contributed by atoms with van der Waals surface area (Å²) in [7, 11) is 0. The fourth-order valence-corrected chi connectivity index (χ4v) is 6.40. The van der Waals surface area contributed by atoms with Crippen LogP contribution in [0, 0.1) is 46.3 Å². The fourth-order valence-electron chi connectivity index (χ4n) is 6.40. The van der Waals surface area contributed by atoms with Crippen molar-refractivity contribution in [2.24, 2.45) is 56.3 Å². The van der Waals surface area contributed by atoms with E-state index in [1.165, 1.54) is 0 Å². The first-order valence-corrected chi connectivity index (χ1v) is 10.2. The Labute approximate surface area is 156 Å². The number of ketones is 2. The van der Waals surface area contributed by atoms with Gasteiger partial charge in [-0.3, -0.25) is 19.6 Å². The molecule has 2 unspecified atom stereocenters. The lowest BCUT2D eigenvalue weighted by Crippen LogP contribution is -2.25. The molecular formula is C22H32N2O2. The molecule has 0 aromatic rings. The van der Waals surface area contributed by atoms with Gasteiger partial charge >= 0.3 is 0 Å². The highest BCUT2D eigenvalue weighted by Crippen LogP contribution is 2.68. The highest BCUT2D eigenvalue weighted by atomic mass is 16.1. The zero-order valence-corrected chi connectivity index (χ0v) is 17.0. The highest BCUT2D eigenvalue weighted by Gasteiger charge is 2.68. The van der Waals surface area contributed by atoms with Crippen LogP contribution in [0.2, 0.25) is 0 Å². The number of nitrogens with zero attached hydrogens (tertiary/aromatic N) is 2. The molecule has 4 heteroatoms. The Hall–Kier alpha value is -1.32. The van der Waals surface area contributed by atoms with Gasteiger partial charge in [0.2, 0.25) is 0 Å². The minimum atomic E-state index is 0.0320. The Morgan fingerprint density at radius 2 is 1.15 bits per heavy atom. The quantitative estimate of drug-likeness (QED) is 0.558. The van der Waals surface area contributed by atoms with Crippen LogP contribution in [0.4, 0.5) is 0 Å². The van der Waals surface area contributed by atoms with Gasteiger partial charge in [0.05, 0.1) is 24.9 Å². The summed E-state index contributed by atoms with van der Waals surface area (Å²) < 4.78 is 0. The van der Waals surface area contributed by atoms with E-state index in [0.29, 0.717) is 59.2 Å². The minimum absolute atomic E-state index is 0.0320. The predicted octanol–water partition coefficient (Wildman–Crippen LogP) is 3.63. The van der Waals surface area contributed by atoms with E-state index in [-0.39, 0.29) is 11.8 Å². The molecule has 6 atom stereocenters. The van der Waals surface area contributed by atoms with Crippen LogP contribution in [0.5, 0.6) is 0 Å². The lowest BCUT2D eigenvalue weighted by Gasteiger charge is -2.17. The number of rotatable bonds is 5. The summed E-state index contributed by atoms with van der Waals surface area (Å²) in [6, 6.07) is 0. The van der Waals surface area contributed by atoms with Gasteiger partial charge in [0.25, 0.3) is 0 Å². The first-order chi connectivity index (χ1) is 12.1. The number of fused-ring (bicyclic) bond motifs is 2. The molecule has 0 heterocycles. The van der Waals surface area contributed by atoms with Gasteiger partial charge in [-0.25, -0.2) is 0 Å². The molecule has 0 N–H and O–H groups in total. The molecule has 0 spiro atoms. The summed E-state index contributed by atoms with van der Waals surface area (Å²) >= 11 is 0. The third-order valence-corrected chi connectivity index (χ3v) is 8.26. The van der Waals surface area contributed by atoms with E-state index in [4.69, 9.17) is 0 Å². The maximum absolute atomic E-state index is 12.3. The second kappa shape index (κ2) is 5.59. The van der Waals surface area contributed by atoms with Crippen LogP contribution in [0.15, 0.2) is 9.98 Å². The van der Waals surface area contributed by atoms with Crippen LogP contribution in [0.3, 0.4) is 0 Å². The van der Waals surface area contributed by atoms with Crippen LogP contribution in [-0.4, -0.2) is 36.1 Å². The Morgan fingerprint density at radius 1 is 0.808 bits per heavy atom. The largest absolute Gasteiger partial charge is 0.299 e. The maximum Gasteiger partial charge on any atom is 0.142 e. The molecule has 0 aliphatic heterocycles. The average molecular weight is 357 g/mol. The van der Waals surface area contributed by atoms with E-state index in [1.807, 2.05) is 13.8 Å². The monoisotopic (exact) mass is 356 g/mol. The third kappa shape index (κ3) is 2.47. The van der Waals surface area contributed by atoms with Crippen molar-refractivity contribution in [2.75, 3.05) is 13.1 Å². The normalized spacial score (nSPS) is 42.7. The molecule has 4 rings (SSSR count). The van der Waals surface area contributed by atoms with Crippen molar-refractivity contribution in [3.8, 4) is 0 Å². The lowest BCUT2D eigenvalue weighted by atomic mass is 9.89. The van der Waals surface area contributed by atoms with Gasteiger partial charge in [-0.2, -0.15) is 0 Å². The zero-order valence-electron chi connectivity index (χ0n) is 17.0. The van der Waals surface area contributed by atoms with E-state index in [2.05, 4.69) is 37.7 Å². The molecule has 0 saturated heterocycles. The van der Waals surface area contributed by atoms with Crippen LogP contribution in [0.25, 0.3) is 0 Å². The summed E-state index contributed by atoms with van der Waals surface area (Å²) in [6.07, 6.45) is 1.46. The fraction of sp³-hybridized carbons (Fsp3) is 0.818.